The van der Waals surface area contributed by atoms with Gasteiger partial charge in [-0.15, -0.1) is 12.4 Å². The van der Waals surface area contributed by atoms with Gasteiger partial charge in [0, 0.05) is 11.6 Å². The quantitative estimate of drug-likeness (QED) is 0.782. The minimum atomic E-state index is -0.504. The predicted octanol–water partition coefficient (Wildman–Crippen LogP) is 2.84. The molecule has 1 aromatic rings. The Hall–Kier alpha value is -0.980. The average Bonchev–Trinajstić information content (AvgIpc) is 2.38. The summed E-state index contributed by atoms with van der Waals surface area (Å²) in [5, 5.41) is 0. The van der Waals surface area contributed by atoms with Crippen molar-refractivity contribution < 1.29 is 19.0 Å². The van der Waals surface area contributed by atoms with E-state index in [-0.39, 0.29) is 24.8 Å². The number of halogens is 2. The smallest absolute Gasteiger partial charge is 0.307 e. The third-order valence-corrected chi connectivity index (χ3v) is 3.22. The Bertz CT molecular complexity index is 456. The summed E-state index contributed by atoms with van der Waals surface area (Å²) in [6.07, 6.45) is 0.0922. The van der Waals surface area contributed by atoms with Crippen molar-refractivity contribution in [2.24, 2.45) is 5.73 Å². The van der Waals surface area contributed by atoms with Gasteiger partial charge in [0.25, 0.3) is 0 Å². The molecule has 0 aliphatic rings. The highest BCUT2D eigenvalue weighted by molar-refractivity contribution is 9.10. The van der Waals surface area contributed by atoms with E-state index in [1.54, 1.807) is 33.3 Å². The molecule has 0 fully saturated rings. The van der Waals surface area contributed by atoms with E-state index in [1.165, 1.54) is 0 Å². The van der Waals surface area contributed by atoms with E-state index in [0.717, 1.165) is 4.47 Å². The monoisotopic (exact) mass is 367 g/mol. The summed E-state index contributed by atoms with van der Waals surface area (Å²) < 4.78 is 16.1. The molecule has 5 nitrogen and oxygen atoms in total. The number of methoxy groups -OCH3 is 2. The summed E-state index contributed by atoms with van der Waals surface area (Å²) in [5.41, 5.74) is 6.73. The maximum absolute atomic E-state index is 11.5. The zero-order chi connectivity index (χ0) is 14.4. The summed E-state index contributed by atoms with van der Waals surface area (Å²) in [4.78, 5) is 11.5. The highest BCUT2D eigenvalue weighted by Gasteiger charge is 2.19. The van der Waals surface area contributed by atoms with Gasteiger partial charge in [0.15, 0.2) is 0 Å². The molecule has 0 radical (unpaired) electrons. The maximum Gasteiger partial charge on any atom is 0.307 e. The van der Waals surface area contributed by atoms with E-state index < -0.39 is 6.04 Å². The molecule has 0 saturated heterocycles. The fraction of sp³-hybridized carbons (Fsp3) is 0.462. The molecule has 0 amide bonds. The van der Waals surface area contributed by atoms with Gasteiger partial charge in [0.2, 0.25) is 0 Å². The van der Waals surface area contributed by atoms with Gasteiger partial charge in [-0.3, -0.25) is 4.79 Å². The number of benzene rings is 1. The normalized spacial score (nSPS) is 11.2. The van der Waals surface area contributed by atoms with Gasteiger partial charge < -0.3 is 19.9 Å². The van der Waals surface area contributed by atoms with Crippen LogP contribution in [-0.2, 0) is 9.53 Å². The molecule has 114 valence electrons. The Morgan fingerprint density at radius 3 is 2.40 bits per heavy atom. The van der Waals surface area contributed by atoms with Crippen molar-refractivity contribution in [3.8, 4) is 11.5 Å². The van der Waals surface area contributed by atoms with Crippen LogP contribution in [0.15, 0.2) is 16.6 Å². The van der Waals surface area contributed by atoms with Gasteiger partial charge in [0.05, 0.1) is 31.7 Å². The minimum absolute atomic E-state index is 0. The summed E-state index contributed by atoms with van der Waals surface area (Å²) in [5.74, 6) is 0.901. The van der Waals surface area contributed by atoms with Crippen LogP contribution >= 0.6 is 28.3 Å². The lowest BCUT2D eigenvalue weighted by atomic mass is 10.0. The first kappa shape index (κ1) is 19.0. The van der Waals surface area contributed by atoms with Crippen LogP contribution in [0.1, 0.15) is 24.9 Å². The van der Waals surface area contributed by atoms with E-state index in [0.29, 0.717) is 23.7 Å². The summed E-state index contributed by atoms with van der Waals surface area (Å²) in [7, 11) is 3.11. The van der Waals surface area contributed by atoms with Gasteiger partial charge in [-0.1, -0.05) is 0 Å². The van der Waals surface area contributed by atoms with Crippen LogP contribution < -0.4 is 15.2 Å². The average molecular weight is 369 g/mol. The highest BCUT2D eigenvalue weighted by atomic mass is 79.9. The van der Waals surface area contributed by atoms with Crippen molar-refractivity contribution in [2.45, 2.75) is 19.4 Å². The molecule has 2 N–H and O–H groups in total. The molecule has 1 atom stereocenters. The molecule has 0 aliphatic heterocycles. The zero-order valence-corrected chi connectivity index (χ0v) is 14.0. The fourth-order valence-corrected chi connectivity index (χ4v) is 2.17. The fourth-order valence-electron chi connectivity index (χ4n) is 1.68. The van der Waals surface area contributed by atoms with Crippen molar-refractivity contribution in [2.75, 3.05) is 20.8 Å². The molecule has 20 heavy (non-hydrogen) atoms. The molecule has 0 heterocycles. The van der Waals surface area contributed by atoms with Gasteiger partial charge in [-0.2, -0.15) is 0 Å². The Morgan fingerprint density at radius 2 is 1.90 bits per heavy atom. The number of carbonyl (C=O) groups is 1. The molecule has 1 aromatic carbocycles. The molecule has 0 aliphatic carbocycles. The van der Waals surface area contributed by atoms with Crippen LogP contribution in [0.5, 0.6) is 11.5 Å². The molecular formula is C13H19BrClNO4. The number of nitrogens with two attached hydrogens (primary N) is 1. The Morgan fingerprint density at radius 1 is 1.30 bits per heavy atom. The second-order valence-electron chi connectivity index (χ2n) is 3.84. The van der Waals surface area contributed by atoms with Gasteiger partial charge >= 0.3 is 5.97 Å². The molecule has 0 saturated carbocycles. The first-order valence-corrected chi connectivity index (χ1v) is 6.65. The van der Waals surface area contributed by atoms with E-state index >= 15 is 0 Å². The lowest BCUT2D eigenvalue weighted by Gasteiger charge is -2.17. The van der Waals surface area contributed by atoms with E-state index in [4.69, 9.17) is 19.9 Å². The van der Waals surface area contributed by atoms with Crippen LogP contribution in [0.25, 0.3) is 0 Å². The third-order valence-electron chi connectivity index (χ3n) is 2.60. The number of ether oxygens (including phenoxy) is 3. The van der Waals surface area contributed by atoms with Crippen LogP contribution in [-0.4, -0.2) is 26.8 Å². The van der Waals surface area contributed by atoms with Crippen LogP contribution in [0.3, 0.4) is 0 Å². The number of carbonyl (C=O) groups excluding carboxylic acids is 1. The Labute approximate surface area is 133 Å². The van der Waals surface area contributed by atoms with Crippen molar-refractivity contribution in [1.82, 2.24) is 0 Å². The summed E-state index contributed by atoms with van der Waals surface area (Å²) in [6, 6.07) is 3.02. The van der Waals surface area contributed by atoms with E-state index in [9.17, 15) is 4.79 Å². The molecule has 0 bridgehead atoms. The third kappa shape index (κ3) is 4.85. The largest absolute Gasteiger partial charge is 0.496 e. The number of esters is 1. The molecule has 0 aromatic heterocycles. The van der Waals surface area contributed by atoms with E-state index in [2.05, 4.69) is 15.9 Å². The van der Waals surface area contributed by atoms with Gasteiger partial charge in [-0.05, 0) is 35.0 Å². The van der Waals surface area contributed by atoms with Crippen molar-refractivity contribution >= 4 is 34.3 Å². The Balaban J connectivity index is 0.00000361. The number of hydrogen-bond acceptors (Lipinski definition) is 5. The lowest BCUT2D eigenvalue weighted by Crippen LogP contribution is -2.18. The lowest BCUT2D eigenvalue weighted by molar-refractivity contribution is -0.143. The van der Waals surface area contributed by atoms with Gasteiger partial charge in [0.1, 0.15) is 11.5 Å². The molecule has 1 rings (SSSR count). The maximum atomic E-state index is 11.5. The minimum Gasteiger partial charge on any atom is -0.496 e. The molecule has 0 unspecified atom stereocenters. The van der Waals surface area contributed by atoms with Crippen molar-refractivity contribution in [1.29, 1.82) is 0 Å². The SMILES string of the molecule is CCOC(=O)C[C@H](N)c1cc(OC)c(Br)cc1OC.Cl. The standard InChI is InChI=1S/C13H18BrNO4.ClH/c1-4-19-13(16)7-10(15)8-5-12(18-3)9(14)6-11(8)17-2;/h5-6,10H,4,7,15H2,1-3H3;1H/t10-;/m0./s1. The highest BCUT2D eigenvalue weighted by Crippen LogP contribution is 2.36. The van der Waals surface area contributed by atoms with Crippen molar-refractivity contribution in [3.05, 3.63) is 22.2 Å². The van der Waals surface area contributed by atoms with Crippen LogP contribution in [0, 0.1) is 0 Å². The number of rotatable bonds is 6. The second-order valence-corrected chi connectivity index (χ2v) is 4.70. The van der Waals surface area contributed by atoms with Crippen LogP contribution in [0.4, 0.5) is 0 Å². The van der Waals surface area contributed by atoms with E-state index in [1.807, 2.05) is 0 Å². The molecule has 7 heteroatoms. The topological polar surface area (TPSA) is 70.8 Å². The predicted molar refractivity (Wildman–Crippen MR) is 82.7 cm³/mol. The molecular weight excluding hydrogens is 350 g/mol. The zero-order valence-electron chi connectivity index (χ0n) is 11.6. The second kappa shape index (κ2) is 9.05. The first-order valence-electron chi connectivity index (χ1n) is 5.86. The van der Waals surface area contributed by atoms with Crippen molar-refractivity contribution in [3.63, 3.8) is 0 Å². The Kier molecular flexibility index (Phi) is 8.60. The van der Waals surface area contributed by atoms with Crippen LogP contribution in [0.2, 0.25) is 0 Å². The number of hydrogen-bond donors (Lipinski definition) is 1. The van der Waals surface area contributed by atoms with Gasteiger partial charge in [-0.25, -0.2) is 0 Å². The first-order chi connectivity index (χ1) is 9.03. The molecule has 0 spiro atoms. The summed E-state index contributed by atoms with van der Waals surface area (Å²) >= 11 is 3.37. The summed E-state index contributed by atoms with van der Waals surface area (Å²) in [6.45, 7) is 2.10.